The largest absolute Gasteiger partial charge is 0.204 e. The van der Waals surface area contributed by atoms with Crippen molar-refractivity contribution in [2.45, 2.75) is 26.7 Å². The highest BCUT2D eigenvalue weighted by Gasteiger charge is 2.07. The highest BCUT2D eigenvalue weighted by Crippen LogP contribution is 2.15. The van der Waals surface area contributed by atoms with E-state index in [4.69, 9.17) is 0 Å². The van der Waals surface area contributed by atoms with Gasteiger partial charge >= 0.3 is 0 Å². The lowest BCUT2D eigenvalue weighted by molar-refractivity contribution is 0.490. The molecule has 0 nitrogen and oxygen atoms in total. The summed E-state index contributed by atoms with van der Waals surface area (Å²) in [5.41, 5.74) is 0.480. The van der Waals surface area contributed by atoms with Crippen LogP contribution in [0.15, 0.2) is 18.2 Å². The molecule has 0 aliphatic heterocycles. The van der Waals surface area contributed by atoms with E-state index in [9.17, 15) is 8.78 Å². The smallest absolute Gasteiger partial charge is 0.162 e. The third-order valence-corrected chi connectivity index (χ3v) is 2.02. The molecule has 0 heterocycles. The maximum atomic E-state index is 13.1. The quantitative estimate of drug-likeness (QED) is 0.673. The fourth-order valence-electron chi connectivity index (χ4n) is 1.19. The average molecular weight is 184 g/mol. The molecule has 0 amide bonds. The zero-order chi connectivity index (χ0) is 9.84. The van der Waals surface area contributed by atoms with Gasteiger partial charge in [0.2, 0.25) is 0 Å². The summed E-state index contributed by atoms with van der Waals surface area (Å²) in [5.74, 6) is -0.924. The highest BCUT2D eigenvalue weighted by atomic mass is 19.2. The number of aryl methyl sites for hydroxylation is 1. The maximum Gasteiger partial charge on any atom is 0.162 e. The van der Waals surface area contributed by atoms with Crippen LogP contribution in [0.5, 0.6) is 0 Å². The minimum Gasteiger partial charge on any atom is -0.204 e. The maximum absolute atomic E-state index is 13.1. The molecule has 1 aromatic rings. The van der Waals surface area contributed by atoms with Crippen molar-refractivity contribution in [3.63, 3.8) is 0 Å². The number of benzene rings is 1. The highest BCUT2D eigenvalue weighted by molar-refractivity contribution is 5.18. The third-order valence-electron chi connectivity index (χ3n) is 2.02. The molecule has 0 saturated carbocycles. The fraction of sp³-hybridized carbons (Fsp3) is 0.455. The molecule has 0 fully saturated rings. The molecule has 0 spiro atoms. The van der Waals surface area contributed by atoms with E-state index in [-0.39, 0.29) is 0 Å². The van der Waals surface area contributed by atoms with E-state index in [0.29, 0.717) is 17.9 Å². The summed E-state index contributed by atoms with van der Waals surface area (Å²) in [4.78, 5) is 0. The van der Waals surface area contributed by atoms with Gasteiger partial charge in [0.25, 0.3) is 0 Å². The molecule has 0 aliphatic carbocycles. The van der Waals surface area contributed by atoms with E-state index < -0.39 is 11.6 Å². The molecule has 0 bridgehead atoms. The standard InChI is InChI=1S/C11H14F2/c1-8(2)6-7-9-4-3-5-10(12)11(9)13/h3-5,8H,6-7H2,1-2H3. The predicted octanol–water partition coefficient (Wildman–Crippen LogP) is 3.55. The van der Waals surface area contributed by atoms with Crippen LogP contribution >= 0.6 is 0 Å². The first-order valence-electron chi connectivity index (χ1n) is 4.54. The van der Waals surface area contributed by atoms with Crippen molar-refractivity contribution >= 4 is 0 Å². The molecule has 1 aromatic carbocycles. The van der Waals surface area contributed by atoms with Gasteiger partial charge in [0, 0.05) is 0 Å². The van der Waals surface area contributed by atoms with Gasteiger partial charge in [-0.1, -0.05) is 26.0 Å². The topological polar surface area (TPSA) is 0 Å². The molecule has 0 unspecified atom stereocenters. The molecule has 72 valence electrons. The van der Waals surface area contributed by atoms with E-state index >= 15 is 0 Å². The molecular weight excluding hydrogens is 170 g/mol. The normalized spacial score (nSPS) is 10.8. The van der Waals surface area contributed by atoms with Crippen LogP contribution < -0.4 is 0 Å². The van der Waals surface area contributed by atoms with Crippen molar-refractivity contribution in [1.82, 2.24) is 0 Å². The predicted molar refractivity (Wildman–Crippen MR) is 49.5 cm³/mol. The van der Waals surface area contributed by atoms with Gasteiger partial charge in [0.1, 0.15) is 0 Å². The summed E-state index contributed by atoms with van der Waals surface area (Å²) >= 11 is 0. The van der Waals surface area contributed by atoms with Crippen molar-refractivity contribution in [2.75, 3.05) is 0 Å². The molecule has 0 saturated heterocycles. The van der Waals surface area contributed by atoms with Gasteiger partial charge in [-0.15, -0.1) is 0 Å². The number of halogens is 2. The molecule has 0 N–H and O–H groups in total. The summed E-state index contributed by atoms with van der Waals surface area (Å²) < 4.78 is 25.8. The number of rotatable bonds is 3. The van der Waals surface area contributed by atoms with Crippen LogP contribution in [0.25, 0.3) is 0 Å². The summed E-state index contributed by atoms with van der Waals surface area (Å²) in [6, 6.07) is 4.34. The third kappa shape index (κ3) is 2.79. The van der Waals surface area contributed by atoms with Crippen LogP contribution in [0, 0.1) is 17.6 Å². The SMILES string of the molecule is CC(C)CCc1cccc(F)c1F. The summed E-state index contributed by atoms with van der Waals surface area (Å²) in [5, 5.41) is 0. The Labute approximate surface area is 77.6 Å². The molecule has 2 heteroatoms. The minimum atomic E-state index is -0.749. The van der Waals surface area contributed by atoms with Crippen LogP contribution in [0.4, 0.5) is 8.78 Å². The lowest BCUT2D eigenvalue weighted by Crippen LogP contribution is -1.97. The van der Waals surface area contributed by atoms with Crippen molar-refractivity contribution in [3.8, 4) is 0 Å². The monoisotopic (exact) mass is 184 g/mol. The molecule has 0 aliphatic rings. The van der Waals surface area contributed by atoms with Gasteiger partial charge in [-0.2, -0.15) is 0 Å². The molecule has 0 atom stereocenters. The zero-order valence-electron chi connectivity index (χ0n) is 7.98. The Morgan fingerprint density at radius 2 is 1.92 bits per heavy atom. The zero-order valence-corrected chi connectivity index (χ0v) is 7.98. The summed E-state index contributed by atoms with van der Waals surface area (Å²) in [7, 11) is 0. The van der Waals surface area contributed by atoms with E-state index in [1.165, 1.54) is 0 Å². The Hall–Kier alpha value is -0.920. The first kappa shape index (κ1) is 10.2. The van der Waals surface area contributed by atoms with Gasteiger partial charge in [-0.25, -0.2) is 8.78 Å². The second-order valence-corrected chi connectivity index (χ2v) is 3.65. The number of hydrogen-bond acceptors (Lipinski definition) is 0. The number of hydrogen-bond donors (Lipinski definition) is 0. The van der Waals surface area contributed by atoms with Crippen LogP contribution in [0.1, 0.15) is 25.8 Å². The summed E-state index contributed by atoms with van der Waals surface area (Å²) in [6.45, 7) is 4.13. The lowest BCUT2D eigenvalue weighted by atomic mass is 10.0. The Bertz CT molecular complexity index is 279. The van der Waals surface area contributed by atoms with E-state index in [1.54, 1.807) is 12.1 Å². The van der Waals surface area contributed by atoms with Gasteiger partial charge in [-0.3, -0.25) is 0 Å². The second-order valence-electron chi connectivity index (χ2n) is 3.65. The lowest BCUT2D eigenvalue weighted by Gasteiger charge is -2.05. The van der Waals surface area contributed by atoms with Crippen molar-refractivity contribution in [3.05, 3.63) is 35.4 Å². The van der Waals surface area contributed by atoms with Gasteiger partial charge in [0.15, 0.2) is 11.6 Å². The van der Waals surface area contributed by atoms with Crippen LogP contribution in [-0.4, -0.2) is 0 Å². The molecule has 13 heavy (non-hydrogen) atoms. The van der Waals surface area contributed by atoms with Crippen LogP contribution in [0.2, 0.25) is 0 Å². The minimum absolute atomic E-state index is 0.480. The molecular formula is C11H14F2. The van der Waals surface area contributed by atoms with Gasteiger partial charge in [-0.05, 0) is 30.4 Å². The van der Waals surface area contributed by atoms with E-state index in [1.807, 2.05) is 0 Å². The van der Waals surface area contributed by atoms with Gasteiger partial charge in [0.05, 0.1) is 0 Å². The van der Waals surface area contributed by atoms with E-state index in [0.717, 1.165) is 12.5 Å². The first-order chi connectivity index (χ1) is 6.11. The Kier molecular flexibility index (Phi) is 3.40. The first-order valence-corrected chi connectivity index (χ1v) is 4.54. The van der Waals surface area contributed by atoms with Gasteiger partial charge < -0.3 is 0 Å². The molecule has 0 aromatic heterocycles. The Morgan fingerprint density at radius 3 is 2.54 bits per heavy atom. The Morgan fingerprint density at radius 1 is 1.23 bits per heavy atom. The second kappa shape index (κ2) is 4.35. The summed E-state index contributed by atoms with van der Waals surface area (Å²) in [6.07, 6.45) is 1.50. The molecule has 0 radical (unpaired) electrons. The van der Waals surface area contributed by atoms with Crippen molar-refractivity contribution < 1.29 is 8.78 Å². The van der Waals surface area contributed by atoms with Crippen LogP contribution in [-0.2, 0) is 6.42 Å². The average Bonchev–Trinajstić information content (AvgIpc) is 2.07. The van der Waals surface area contributed by atoms with Crippen LogP contribution in [0.3, 0.4) is 0 Å². The van der Waals surface area contributed by atoms with Crippen molar-refractivity contribution in [2.24, 2.45) is 5.92 Å². The fourth-order valence-corrected chi connectivity index (χ4v) is 1.19. The van der Waals surface area contributed by atoms with E-state index in [2.05, 4.69) is 13.8 Å². The Balaban J connectivity index is 2.71. The molecule has 1 rings (SSSR count). The van der Waals surface area contributed by atoms with Crippen molar-refractivity contribution in [1.29, 1.82) is 0 Å².